The number of nitrogens with zero attached hydrogens (tertiary/aromatic N) is 1. The van der Waals surface area contributed by atoms with Crippen molar-refractivity contribution < 1.29 is 8.78 Å². The van der Waals surface area contributed by atoms with E-state index in [-0.39, 0.29) is 24.8 Å². The molecule has 17 heavy (non-hydrogen) atoms. The molecule has 0 radical (unpaired) electrons. The van der Waals surface area contributed by atoms with Crippen LogP contribution in [-0.4, -0.2) is 16.9 Å². The quantitative estimate of drug-likeness (QED) is 0.906. The molecule has 1 heterocycles. The van der Waals surface area contributed by atoms with Gasteiger partial charge in [0.05, 0.1) is 10.7 Å². The number of aromatic nitrogens is 1. The Balaban J connectivity index is 1.87. The SMILES string of the molecule is Cc1nc(CC(N)C2CCC(F)(F)CC2)cs1. The second-order valence-electron chi connectivity index (χ2n) is 4.92. The summed E-state index contributed by atoms with van der Waals surface area (Å²) in [5, 5.41) is 3.04. The highest BCUT2D eigenvalue weighted by molar-refractivity contribution is 7.09. The average Bonchev–Trinajstić information content (AvgIpc) is 2.63. The summed E-state index contributed by atoms with van der Waals surface area (Å²) in [5.74, 6) is -2.25. The Hall–Kier alpha value is -0.550. The normalized spacial score (nSPS) is 22.6. The molecule has 2 N–H and O–H groups in total. The third-order valence-electron chi connectivity index (χ3n) is 3.48. The number of hydrogen-bond donors (Lipinski definition) is 1. The Bertz CT molecular complexity index is 368. The van der Waals surface area contributed by atoms with E-state index in [1.165, 1.54) is 0 Å². The van der Waals surface area contributed by atoms with Crippen molar-refractivity contribution in [1.29, 1.82) is 0 Å². The monoisotopic (exact) mass is 260 g/mol. The zero-order valence-corrected chi connectivity index (χ0v) is 10.8. The summed E-state index contributed by atoms with van der Waals surface area (Å²) in [7, 11) is 0. The molecule has 5 heteroatoms. The topological polar surface area (TPSA) is 38.9 Å². The first kappa shape index (κ1) is 12.9. The lowest BCUT2D eigenvalue weighted by Gasteiger charge is -2.31. The van der Waals surface area contributed by atoms with E-state index >= 15 is 0 Å². The molecule has 1 aromatic heterocycles. The van der Waals surface area contributed by atoms with Crippen LogP contribution >= 0.6 is 11.3 Å². The van der Waals surface area contributed by atoms with Crippen LogP contribution in [0.1, 0.15) is 36.4 Å². The molecular weight excluding hydrogens is 242 g/mol. The number of hydrogen-bond acceptors (Lipinski definition) is 3. The average molecular weight is 260 g/mol. The highest BCUT2D eigenvalue weighted by Gasteiger charge is 2.36. The molecule has 1 fully saturated rings. The molecule has 1 aliphatic carbocycles. The van der Waals surface area contributed by atoms with E-state index in [1.54, 1.807) is 11.3 Å². The van der Waals surface area contributed by atoms with Crippen LogP contribution in [0.15, 0.2) is 5.38 Å². The number of thiazole rings is 1. The van der Waals surface area contributed by atoms with Crippen molar-refractivity contribution in [2.75, 3.05) is 0 Å². The molecule has 0 amide bonds. The molecule has 1 saturated carbocycles. The highest BCUT2D eigenvalue weighted by Crippen LogP contribution is 2.37. The summed E-state index contributed by atoms with van der Waals surface area (Å²) in [6.07, 6.45) is 1.76. The molecule has 2 rings (SSSR count). The predicted molar refractivity (Wildman–Crippen MR) is 65.4 cm³/mol. The third-order valence-corrected chi connectivity index (χ3v) is 4.30. The third kappa shape index (κ3) is 3.45. The molecule has 96 valence electrons. The first-order chi connectivity index (χ1) is 7.96. The van der Waals surface area contributed by atoms with Crippen LogP contribution in [0.4, 0.5) is 8.78 Å². The minimum absolute atomic E-state index is 0.0124. The van der Waals surface area contributed by atoms with Gasteiger partial charge in [0.2, 0.25) is 5.92 Å². The molecule has 0 aromatic carbocycles. The van der Waals surface area contributed by atoms with Crippen molar-refractivity contribution in [1.82, 2.24) is 4.98 Å². The van der Waals surface area contributed by atoms with Gasteiger partial charge in [0.1, 0.15) is 0 Å². The standard InChI is InChI=1S/C12H18F2N2S/c1-8-16-10(7-17-8)6-11(15)9-2-4-12(13,14)5-3-9/h7,9,11H,2-6,15H2,1H3. The molecule has 0 spiro atoms. The highest BCUT2D eigenvalue weighted by atomic mass is 32.1. The van der Waals surface area contributed by atoms with E-state index in [0.717, 1.165) is 10.7 Å². The summed E-state index contributed by atoms with van der Waals surface area (Å²) >= 11 is 1.61. The van der Waals surface area contributed by atoms with Crippen molar-refractivity contribution in [3.05, 3.63) is 16.1 Å². The molecule has 1 atom stereocenters. The van der Waals surface area contributed by atoms with Gasteiger partial charge in [-0.1, -0.05) is 0 Å². The Morgan fingerprint density at radius 2 is 2.18 bits per heavy atom. The second-order valence-corrected chi connectivity index (χ2v) is 5.98. The summed E-state index contributed by atoms with van der Waals surface area (Å²) in [6.45, 7) is 1.96. The van der Waals surface area contributed by atoms with Gasteiger partial charge >= 0.3 is 0 Å². The number of halogens is 2. The van der Waals surface area contributed by atoms with E-state index in [9.17, 15) is 8.78 Å². The predicted octanol–water partition coefficient (Wildman–Crippen LogP) is 3.15. The number of rotatable bonds is 3. The maximum Gasteiger partial charge on any atom is 0.248 e. The summed E-state index contributed by atoms with van der Waals surface area (Å²) in [6, 6.07) is -0.0346. The minimum Gasteiger partial charge on any atom is -0.327 e. The number of nitrogens with two attached hydrogens (primary N) is 1. The van der Waals surface area contributed by atoms with Gasteiger partial charge in [0.25, 0.3) is 0 Å². The van der Waals surface area contributed by atoms with Crippen molar-refractivity contribution in [2.45, 2.75) is 51.0 Å². The van der Waals surface area contributed by atoms with Gasteiger partial charge in [0.15, 0.2) is 0 Å². The lowest BCUT2D eigenvalue weighted by atomic mass is 9.81. The van der Waals surface area contributed by atoms with Gasteiger partial charge in [-0.3, -0.25) is 0 Å². The Labute approximate surface area is 104 Å². The van der Waals surface area contributed by atoms with Crippen LogP contribution in [0.5, 0.6) is 0 Å². The van der Waals surface area contributed by atoms with Gasteiger partial charge in [-0.15, -0.1) is 11.3 Å². The first-order valence-electron chi connectivity index (χ1n) is 6.01. The van der Waals surface area contributed by atoms with Crippen molar-refractivity contribution in [2.24, 2.45) is 11.7 Å². The molecule has 1 unspecified atom stereocenters. The summed E-state index contributed by atoms with van der Waals surface area (Å²) < 4.78 is 26.0. The Morgan fingerprint density at radius 3 is 2.71 bits per heavy atom. The molecule has 1 aliphatic rings. The molecule has 0 aliphatic heterocycles. The largest absolute Gasteiger partial charge is 0.327 e. The second kappa shape index (κ2) is 4.98. The molecule has 0 saturated heterocycles. The molecule has 0 bridgehead atoms. The van der Waals surface area contributed by atoms with Gasteiger partial charge in [-0.05, 0) is 25.7 Å². The van der Waals surface area contributed by atoms with E-state index in [2.05, 4.69) is 4.98 Å². The lowest BCUT2D eigenvalue weighted by Crippen LogP contribution is -2.37. The van der Waals surface area contributed by atoms with Crippen molar-refractivity contribution in [3.63, 3.8) is 0 Å². The molecule has 2 nitrogen and oxygen atoms in total. The van der Waals surface area contributed by atoms with Gasteiger partial charge in [0, 0.05) is 30.7 Å². The fourth-order valence-electron chi connectivity index (χ4n) is 2.40. The molecule has 1 aromatic rings. The number of aryl methyl sites for hydroxylation is 1. The number of alkyl halides is 2. The maximum absolute atomic E-state index is 13.0. The Morgan fingerprint density at radius 1 is 1.53 bits per heavy atom. The lowest BCUT2D eigenvalue weighted by molar-refractivity contribution is -0.0481. The van der Waals surface area contributed by atoms with E-state index in [0.29, 0.717) is 19.3 Å². The molecular formula is C12H18F2N2S. The Kier molecular flexibility index (Phi) is 3.78. The van der Waals surface area contributed by atoms with Crippen LogP contribution in [0.25, 0.3) is 0 Å². The first-order valence-corrected chi connectivity index (χ1v) is 6.89. The van der Waals surface area contributed by atoms with Gasteiger partial charge in [-0.25, -0.2) is 13.8 Å². The summed E-state index contributed by atoms with van der Waals surface area (Å²) in [5.41, 5.74) is 7.10. The maximum atomic E-state index is 13.0. The van der Waals surface area contributed by atoms with Gasteiger partial charge < -0.3 is 5.73 Å². The van der Waals surface area contributed by atoms with Crippen LogP contribution in [0.3, 0.4) is 0 Å². The zero-order valence-electron chi connectivity index (χ0n) is 9.96. The van der Waals surface area contributed by atoms with Crippen molar-refractivity contribution in [3.8, 4) is 0 Å². The zero-order chi connectivity index (χ0) is 12.5. The van der Waals surface area contributed by atoms with E-state index < -0.39 is 5.92 Å². The van der Waals surface area contributed by atoms with Crippen LogP contribution in [0, 0.1) is 12.8 Å². The fourth-order valence-corrected chi connectivity index (χ4v) is 3.03. The van der Waals surface area contributed by atoms with Crippen LogP contribution in [-0.2, 0) is 6.42 Å². The smallest absolute Gasteiger partial charge is 0.248 e. The minimum atomic E-state index is -2.46. The van der Waals surface area contributed by atoms with Crippen molar-refractivity contribution >= 4 is 11.3 Å². The van der Waals surface area contributed by atoms with Gasteiger partial charge in [-0.2, -0.15) is 0 Å². The fraction of sp³-hybridized carbons (Fsp3) is 0.750. The van der Waals surface area contributed by atoms with E-state index in [1.807, 2.05) is 12.3 Å². The van der Waals surface area contributed by atoms with E-state index in [4.69, 9.17) is 5.73 Å². The van der Waals surface area contributed by atoms with Crippen LogP contribution in [0.2, 0.25) is 0 Å². The summed E-state index contributed by atoms with van der Waals surface area (Å²) in [4.78, 5) is 4.36. The van der Waals surface area contributed by atoms with Crippen LogP contribution < -0.4 is 5.73 Å².